The van der Waals surface area contributed by atoms with E-state index in [0.29, 0.717) is 22.6 Å². The zero-order chi connectivity index (χ0) is 17.5. The molecule has 1 aliphatic heterocycles. The molecule has 0 radical (unpaired) electrons. The Labute approximate surface area is 154 Å². The molecular weight excluding hydrogens is 344 g/mol. The molecular formula is C18H27ClN2O2S. The Kier molecular flexibility index (Phi) is 7.72. The highest BCUT2D eigenvalue weighted by molar-refractivity contribution is 8.13. The molecule has 1 aromatic rings. The van der Waals surface area contributed by atoms with Crippen LogP contribution in [0.15, 0.2) is 17.1 Å². The van der Waals surface area contributed by atoms with Gasteiger partial charge in [-0.3, -0.25) is 4.99 Å². The molecule has 0 saturated carbocycles. The van der Waals surface area contributed by atoms with Crippen LogP contribution in [0, 0.1) is 5.92 Å². The lowest BCUT2D eigenvalue weighted by Gasteiger charge is -2.21. The second kappa shape index (κ2) is 9.54. The van der Waals surface area contributed by atoms with E-state index >= 15 is 0 Å². The standard InChI is InChI=1S/C18H27ClN2O2S/c1-12(2)5-4-6-13(3)21-18(20)24-10-15-8-16(19)7-14-9-22-11-23-17(14)15/h7-8,12-13H,4-6,9-11H2,1-3H3,(H2,20,21)/t13-/m1/s1. The van der Waals surface area contributed by atoms with Crippen LogP contribution in [0.3, 0.4) is 0 Å². The lowest BCUT2D eigenvalue weighted by molar-refractivity contribution is -0.0168. The maximum absolute atomic E-state index is 6.18. The number of thioether (sulfide) groups is 1. The molecule has 0 unspecified atom stereocenters. The quantitative estimate of drug-likeness (QED) is 0.543. The maximum atomic E-state index is 6.18. The molecule has 2 N–H and O–H groups in total. The molecule has 4 nitrogen and oxygen atoms in total. The fourth-order valence-electron chi connectivity index (χ4n) is 2.66. The van der Waals surface area contributed by atoms with E-state index in [1.54, 1.807) is 0 Å². The molecule has 0 fully saturated rings. The van der Waals surface area contributed by atoms with Gasteiger partial charge in [0.15, 0.2) is 12.0 Å². The van der Waals surface area contributed by atoms with Crippen LogP contribution in [0.1, 0.15) is 51.2 Å². The van der Waals surface area contributed by atoms with Gasteiger partial charge in [-0.1, -0.05) is 50.1 Å². The molecule has 1 aliphatic rings. The van der Waals surface area contributed by atoms with Crippen molar-refractivity contribution < 1.29 is 9.47 Å². The summed E-state index contributed by atoms with van der Waals surface area (Å²) in [4.78, 5) is 4.58. The first-order valence-electron chi connectivity index (χ1n) is 8.43. The Morgan fingerprint density at radius 3 is 2.88 bits per heavy atom. The molecule has 0 aromatic heterocycles. The Morgan fingerprint density at radius 2 is 2.12 bits per heavy atom. The summed E-state index contributed by atoms with van der Waals surface area (Å²) in [6.07, 6.45) is 3.50. The number of ether oxygens (including phenoxy) is 2. The average molecular weight is 371 g/mol. The summed E-state index contributed by atoms with van der Waals surface area (Å²) in [7, 11) is 0. The lowest BCUT2D eigenvalue weighted by Crippen LogP contribution is -2.14. The van der Waals surface area contributed by atoms with Crippen molar-refractivity contribution in [3.05, 3.63) is 28.3 Å². The molecule has 2 rings (SSSR count). The first-order valence-corrected chi connectivity index (χ1v) is 9.80. The zero-order valence-electron chi connectivity index (χ0n) is 14.7. The van der Waals surface area contributed by atoms with E-state index in [0.717, 1.165) is 29.2 Å². The topological polar surface area (TPSA) is 56.8 Å². The van der Waals surface area contributed by atoms with Crippen LogP contribution < -0.4 is 10.5 Å². The van der Waals surface area contributed by atoms with Crippen molar-refractivity contribution in [1.82, 2.24) is 0 Å². The smallest absolute Gasteiger partial charge is 0.189 e. The fourth-order valence-corrected chi connectivity index (χ4v) is 3.69. The van der Waals surface area contributed by atoms with Gasteiger partial charge in [0.25, 0.3) is 0 Å². The number of aliphatic imine (C=N–C) groups is 1. The van der Waals surface area contributed by atoms with Gasteiger partial charge in [0.1, 0.15) is 5.75 Å². The number of hydrogen-bond acceptors (Lipinski definition) is 4. The minimum absolute atomic E-state index is 0.258. The van der Waals surface area contributed by atoms with Crippen LogP contribution in [0.25, 0.3) is 0 Å². The van der Waals surface area contributed by atoms with Gasteiger partial charge in [-0.25, -0.2) is 0 Å². The molecule has 0 saturated heterocycles. The third kappa shape index (κ3) is 6.19. The van der Waals surface area contributed by atoms with E-state index in [1.165, 1.54) is 24.6 Å². The van der Waals surface area contributed by atoms with Gasteiger partial charge >= 0.3 is 0 Å². The van der Waals surface area contributed by atoms with Crippen LogP contribution in [-0.4, -0.2) is 18.0 Å². The number of amidine groups is 1. The molecule has 1 aromatic carbocycles. The van der Waals surface area contributed by atoms with Crippen LogP contribution >= 0.6 is 23.4 Å². The van der Waals surface area contributed by atoms with Gasteiger partial charge in [0.05, 0.1) is 6.61 Å². The predicted octanol–water partition coefficient (Wildman–Crippen LogP) is 4.97. The summed E-state index contributed by atoms with van der Waals surface area (Å²) in [6.45, 7) is 7.43. The molecule has 6 heteroatoms. The third-order valence-corrected chi connectivity index (χ3v) is 4.95. The minimum atomic E-state index is 0.258. The van der Waals surface area contributed by atoms with Crippen LogP contribution in [-0.2, 0) is 17.1 Å². The summed E-state index contributed by atoms with van der Waals surface area (Å²) < 4.78 is 10.9. The minimum Gasteiger partial charge on any atom is -0.467 e. The molecule has 0 bridgehead atoms. The van der Waals surface area contributed by atoms with Gasteiger partial charge in [0.2, 0.25) is 0 Å². The van der Waals surface area contributed by atoms with Crippen molar-refractivity contribution in [2.45, 2.75) is 58.4 Å². The van der Waals surface area contributed by atoms with Gasteiger partial charge in [-0.05, 0) is 31.4 Å². The number of halogens is 1. The van der Waals surface area contributed by atoms with E-state index in [2.05, 4.69) is 25.8 Å². The molecule has 0 amide bonds. The van der Waals surface area contributed by atoms with Crippen molar-refractivity contribution in [2.24, 2.45) is 16.6 Å². The van der Waals surface area contributed by atoms with E-state index < -0.39 is 0 Å². The van der Waals surface area contributed by atoms with Crippen molar-refractivity contribution in [2.75, 3.05) is 6.79 Å². The number of nitrogens with zero attached hydrogens (tertiary/aromatic N) is 1. The lowest BCUT2D eigenvalue weighted by atomic mass is 10.0. The zero-order valence-corrected chi connectivity index (χ0v) is 16.3. The highest BCUT2D eigenvalue weighted by atomic mass is 35.5. The Morgan fingerprint density at radius 1 is 1.33 bits per heavy atom. The van der Waals surface area contributed by atoms with Crippen LogP contribution in [0.5, 0.6) is 5.75 Å². The van der Waals surface area contributed by atoms with E-state index in [-0.39, 0.29) is 12.8 Å². The van der Waals surface area contributed by atoms with E-state index in [4.69, 9.17) is 26.8 Å². The molecule has 24 heavy (non-hydrogen) atoms. The van der Waals surface area contributed by atoms with Crippen molar-refractivity contribution >= 4 is 28.5 Å². The first-order chi connectivity index (χ1) is 11.5. The molecule has 134 valence electrons. The molecule has 0 spiro atoms. The number of nitrogens with two attached hydrogens (primary N) is 1. The van der Waals surface area contributed by atoms with Crippen LogP contribution in [0.4, 0.5) is 0 Å². The number of benzene rings is 1. The van der Waals surface area contributed by atoms with Gasteiger partial charge in [-0.15, -0.1) is 0 Å². The normalized spacial score (nSPS) is 16.0. The Hall–Kier alpha value is -0.910. The number of rotatable bonds is 7. The van der Waals surface area contributed by atoms with E-state index in [1.807, 2.05) is 12.1 Å². The molecule has 1 atom stereocenters. The van der Waals surface area contributed by atoms with Gasteiger partial charge in [-0.2, -0.15) is 0 Å². The summed E-state index contributed by atoms with van der Waals surface area (Å²) in [6, 6.07) is 4.07. The summed E-state index contributed by atoms with van der Waals surface area (Å²) >= 11 is 7.71. The highest BCUT2D eigenvalue weighted by Gasteiger charge is 2.16. The largest absolute Gasteiger partial charge is 0.467 e. The Balaban J connectivity index is 1.90. The summed E-state index contributed by atoms with van der Waals surface area (Å²) in [5.74, 6) is 2.30. The average Bonchev–Trinajstić information content (AvgIpc) is 2.52. The number of fused-ring (bicyclic) bond motifs is 1. The molecule has 1 heterocycles. The van der Waals surface area contributed by atoms with Gasteiger partial charge < -0.3 is 15.2 Å². The molecule has 0 aliphatic carbocycles. The third-order valence-electron chi connectivity index (χ3n) is 3.88. The first kappa shape index (κ1) is 19.4. The van der Waals surface area contributed by atoms with Gasteiger partial charge in [0, 0.05) is 27.9 Å². The van der Waals surface area contributed by atoms with Crippen molar-refractivity contribution in [3.63, 3.8) is 0 Å². The van der Waals surface area contributed by atoms with Crippen LogP contribution in [0.2, 0.25) is 5.02 Å². The second-order valence-electron chi connectivity index (χ2n) is 6.59. The highest BCUT2D eigenvalue weighted by Crippen LogP contribution is 2.33. The maximum Gasteiger partial charge on any atom is 0.189 e. The monoisotopic (exact) mass is 370 g/mol. The SMILES string of the molecule is CC(C)CCC[C@@H](C)N=C(N)SCc1cc(Cl)cc2c1OCOC2. The summed E-state index contributed by atoms with van der Waals surface area (Å²) in [5.41, 5.74) is 8.11. The predicted molar refractivity (Wildman–Crippen MR) is 103 cm³/mol. The number of hydrogen-bond donors (Lipinski definition) is 1. The van der Waals surface area contributed by atoms with Crippen molar-refractivity contribution in [1.29, 1.82) is 0 Å². The van der Waals surface area contributed by atoms with Crippen molar-refractivity contribution in [3.8, 4) is 5.75 Å². The van der Waals surface area contributed by atoms with E-state index in [9.17, 15) is 0 Å². The second-order valence-corrected chi connectivity index (χ2v) is 8.03. The Bertz CT molecular complexity index is 578. The summed E-state index contributed by atoms with van der Waals surface area (Å²) in [5, 5.41) is 1.31. The fraction of sp³-hybridized carbons (Fsp3) is 0.611.